The Morgan fingerprint density at radius 2 is 0.763 bits per heavy atom. The van der Waals surface area contributed by atoms with Crippen molar-refractivity contribution in [3.63, 3.8) is 0 Å². The first-order valence-electron chi connectivity index (χ1n) is 20.4. The highest BCUT2D eigenvalue weighted by Crippen LogP contribution is 2.66. The smallest absolute Gasteiger partial charge is 0.0727 e. The van der Waals surface area contributed by atoms with Crippen LogP contribution in [0.2, 0.25) is 0 Å². The first-order chi connectivity index (χ1) is 29.3. The third-order valence-corrected chi connectivity index (χ3v) is 12.6. The Morgan fingerprint density at radius 3 is 1.41 bits per heavy atom. The van der Waals surface area contributed by atoms with E-state index in [1.54, 1.807) is 0 Å². The maximum absolute atomic E-state index is 2.53. The van der Waals surface area contributed by atoms with Gasteiger partial charge in [0.25, 0.3) is 0 Å². The van der Waals surface area contributed by atoms with Crippen LogP contribution in [0.25, 0.3) is 43.8 Å². The van der Waals surface area contributed by atoms with E-state index in [0.717, 1.165) is 28.4 Å². The molecular formula is C57H38N2. The van der Waals surface area contributed by atoms with Gasteiger partial charge in [0.15, 0.2) is 0 Å². The molecule has 0 saturated heterocycles. The molecule has 59 heavy (non-hydrogen) atoms. The average Bonchev–Trinajstić information content (AvgIpc) is 3.78. The van der Waals surface area contributed by atoms with Crippen LogP contribution >= 0.6 is 0 Å². The number of fused-ring (bicyclic) bond motifs is 13. The van der Waals surface area contributed by atoms with Crippen LogP contribution < -0.4 is 9.80 Å². The molecule has 2 heteroatoms. The van der Waals surface area contributed by atoms with Crippen LogP contribution in [-0.2, 0) is 5.41 Å². The van der Waals surface area contributed by atoms with Gasteiger partial charge in [-0.3, -0.25) is 0 Å². The van der Waals surface area contributed by atoms with Crippen molar-refractivity contribution in [1.82, 2.24) is 0 Å². The molecule has 0 N–H and O–H groups in total. The molecule has 0 fully saturated rings. The van der Waals surface area contributed by atoms with Gasteiger partial charge in [-0.1, -0.05) is 170 Å². The molecule has 2 aliphatic rings. The molecule has 0 aromatic heterocycles. The van der Waals surface area contributed by atoms with Crippen LogP contribution in [0.3, 0.4) is 0 Å². The summed E-state index contributed by atoms with van der Waals surface area (Å²) in [6.45, 7) is 0. The quantitative estimate of drug-likeness (QED) is 0.167. The predicted molar refractivity (Wildman–Crippen MR) is 247 cm³/mol. The van der Waals surface area contributed by atoms with E-state index in [0.29, 0.717) is 0 Å². The molecule has 1 atom stereocenters. The topological polar surface area (TPSA) is 6.48 Å². The van der Waals surface area contributed by atoms with Crippen LogP contribution in [0.1, 0.15) is 22.3 Å². The van der Waals surface area contributed by atoms with Crippen molar-refractivity contribution in [2.75, 3.05) is 9.80 Å². The summed E-state index contributed by atoms with van der Waals surface area (Å²) in [4.78, 5) is 4.90. The number of para-hydroxylation sites is 3. The van der Waals surface area contributed by atoms with Gasteiger partial charge in [-0.05, 0) is 116 Å². The van der Waals surface area contributed by atoms with Gasteiger partial charge in [0, 0.05) is 33.7 Å². The van der Waals surface area contributed by atoms with Gasteiger partial charge in [-0.2, -0.15) is 0 Å². The summed E-state index contributed by atoms with van der Waals surface area (Å²) in [5.41, 5.74) is 16.6. The molecular weight excluding hydrogens is 713 g/mol. The highest BCUT2D eigenvalue weighted by atomic mass is 15.2. The van der Waals surface area contributed by atoms with E-state index in [1.165, 1.54) is 71.7 Å². The zero-order valence-corrected chi connectivity index (χ0v) is 32.3. The lowest BCUT2D eigenvalue weighted by molar-refractivity contribution is 0.794. The zero-order chi connectivity index (χ0) is 38.9. The van der Waals surface area contributed by atoms with Crippen molar-refractivity contribution in [3.05, 3.63) is 253 Å². The molecule has 10 aromatic rings. The zero-order valence-electron chi connectivity index (χ0n) is 32.3. The SMILES string of the molecule is c1ccc(N(c2ccccc2)c2cccc3c2-c2ccccc2C32c3ccccc3-c3c2cc(N(c2ccccc2)c2ccc4ccccc4c2)c2ccccc32)cc1. The highest BCUT2D eigenvalue weighted by molar-refractivity contribution is 6.13. The first-order valence-corrected chi connectivity index (χ1v) is 20.4. The molecule has 0 saturated carbocycles. The lowest BCUT2D eigenvalue weighted by Crippen LogP contribution is -2.26. The van der Waals surface area contributed by atoms with Crippen molar-refractivity contribution < 1.29 is 0 Å². The number of nitrogens with zero attached hydrogens (tertiary/aromatic N) is 2. The van der Waals surface area contributed by atoms with Crippen molar-refractivity contribution >= 4 is 55.7 Å². The van der Waals surface area contributed by atoms with E-state index < -0.39 is 5.41 Å². The molecule has 1 spiro atoms. The van der Waals surface area contributed by atoms with E-state index >= 15 is 0 Å². The van der Waals surface area contributed by atoms with Gasteiger partial charge in [0.05, 0.1) is 16.8 Å². The molecule has 0 aliphatic heterocycles. The van der Waals surface area contributed by atoms with Gasteiger partial charge in [0.1, 0.15) is 0 Å². The monoisotopic (exact) mass is 750 g/mol. The summed E-state index contributed by atoms with van der Waals surface area (Å²) in [5.74, 6) is 0. The van der Waals surface area contributed by atoms with Crippen molar-refractivity contribution in [2.45, 2.75) is 5.41 Å². The van der Waals surface area contributed by atoms with E-state index in [4.69, 9.17) is 0 Å². The number of anilines is 6. The fraction of sp³-hybridized carbons (Fsp3) is 0.0175. The number of rotatable bonds is 6. The molecule has 0 radical (unpaired) electrons. The number of hydrogen-bond donors (Lipinski definition) is 0. The Labute approximate surface area is 344 Å². The fourth-order valence-corrected chi connectivity index (χ4v) is 10.3. The molecule has 276 valence electrons. The maximum Gasteiger partial charge on any atom is 0.0727 e. The highest BCUT2D eigenvalue weighted by Gasteiger charge is 2.53. The fourth-order valence-electron chi connectivity index (χ4n) is 10.3. The minimum atomic E-state index is -0.572. The lowest BCUT2D eigenvalue weighted by atomic mass is 9.70. The minimum Gasteiger partial charge on any atom is -0.310 e. The lowest BCUT2D eigenvalue weighted by Gasteiger charge is -2.33. The molecule has 0 heterocycles. The Balaban J connectivity index is 1.20. The standard InChI is InChI=1S/C57H38N2/c1-4-21-41(22-5-1)58(42-23-6-2-7-24-42)53-34-18-33-51-56(53)48-30-15-17-32-50(48)57(51)49-31-16-14-29-47(49)55-46-28-13-12-27-45(46)54(38-52(55)57)59(43-25-8-3-9-26-43)44-36-35-39-19-10-11-20-40(39)37-44/h1-38H. The molecule has 10 aromatic carbocycles. The van der Waals surface area contributed by atoms with E-state index in [-0.39, 0.29) is 0 Å². The van der Waals surface area contributed by atoms with Gasteiger partial charge in [0.2, 0.25) is 0 Å². The summed E-state index contributed by atoms with van der Waals surface area (Å²) in [7, 11) is 0. The van der Waals surface area contributed by atoms with Crippen molar-refractivity contribution in [1.29, 1.82) is 0 Å². The average molecular weight is 751 g/mol. The van der Waals surface area contributed by atoms with Crippen LogP contribution in [0.15, 0.2) is 231 Å². The van der Waals surface area contributed by atoms with Gasteiger partial charge < -0.3 is 9.80 Å². The van der Waals surface area contributed by atoms with Gasteiger partial charge in [-0.25, -0.2) is 0 Å². The summed E-state index contributed by atoms with van der Waals surface area (Å²) in [6.07, 6.45) is 0. The van der Waals surface area contributed by atoms with Gasteiger partial charge in [-0.15, -0.1) is 0 Å². The largest absolute Gasteiger partial charge is 0.310 e. The number of hydrogen-bond acceptors (Lipinski definition) is 2. The summed E-state index contributed by atoms with van der Waals surface area (Å²) in [5, 5.41) is 4.92. The molecule has 2 aliphatic carbocycles. The maximum atomic E-state index is 2.53. The molecule has 1 unspecified atom stereocenters. The van der Waals surface area contributed by atoms with Crippen molar-refractivity contribution in [2.24, 2.45) is 0 Å². The Bertz CT molecular complexity index is 3190. The minimum absolute atomic E-state index is 0.572. The number of benzene rings is 10. The van der Waals surface area contributed by atoms with E-state index in [1.807, 2.05) is 0 Å². The second-order valence-corrected chi connectivity index (χ2v) is 15.6. The molecule has 0 amide bonds. The Hall–Kier alpha value is -7.68. The van der Waals surface area contributed by atoms with Crippen LogP contribution in [0.5, 0.6) is 0 Å². The van der Waals surface area contributed by atoms with Gasteiger partial charge >= 0.3 is 0 Å². The first kappa shape index (κ1) is 33.5. The Morgan fingerprint density at radius 1 is 0.271 bits per heavy atom. The Kier molecular flexibility index (Phi) is 7.48. The normalized spacial score (nSPS) is 14.5. The van der Waals surface area contributed by atoms with E-state index in [9.17, 15) is 0 Å². The summed E-state index contributed by atoms with van der Waals surface area (Å²) >= 11 is 0. The second-order valence-electron chi connectivity index (χ2n) is 15.6. The summed E-state index contributed by atoms with van der Waals surface area (Å²) < 4.78 is 0. The van der Waals surface area contributed by atoms with E-state index in [2.05, 4.69) is 240 Å². The van der Waals surface area contributed by atoms with Crippen LogP contribution in [0, 0.1) is 0 Å². The molecule has 2 nitrogen and oxygen atoms in total. The van der Waals surface area contributed by atoms with Crippen LogP contribution in [0.4, 0.5) is 34.1 Å². The molecule has 12 rings (SSSR count). The second kappa shape index (κ2) is 13.2. The van der Waals surface area contributed by atoms with Crippen molar-refractivity contribution in [3.8, 4) is 22.3 Å². The third kappa shape index (κ3) is 4.87. The molecule has 0 bridgehead atoms. The van der Waals surface area contributed by atoms with Crippen LogP contribution in [-0.4, -0.2) is 0 Å². The third-order valence-electron chi connectivity index (χ3n) is 12.6. The summed E-state index contributed by atoms with van der Waals surface area (Å²) in [6, 6.07) is 84.8. The predicted octanol–water partition coefficient (Wildman–Crippen LogP) is 15.3.